The van der Waals surface area contributed by atoms with Gasteiger partial charge in [-0.2, -0.15) is 0 Å². The van der Waals surface area contributed by atoms with Gasteiger partial charge >= 0.3 is 6.36 Å². The van der Waals surface area contributed by atoms with Crippen molar-refractivity contribution < 1.29 is 22.7 Å². The highest BCUT2D eigenvalue weighted by Gasteiger charge is 2.31. The average Bonchev–Trinajstić information content (AvgIpc) is 2.62. The molecular formula is C18H17BrF3N3O2. The van der Waals surface area contributed by atoms with E-state index in [9.17, 15) is 18.0 Å². The maximum atomic E-state index is 12.5. The molecule has 2 aromatic rings. The molecule has 27 heavy (non-hydrogen) atoms. The van der Waals surface area contributed by atoms with Crippen molar-refractivity contribution in [2.24, 2.45) is 0 Å². The van der Waals surface area contributed by atoms with Gasteiger partial charge in [0.25, 0.3) is 5.91 Å². The van der Waals surface area contributed by atoms with Crippen molar-refractivity contribution in [1.29, 1.82) is 0 Å². The Bertz CT molecular complexity index is 791. The number of hydrogen-bond acceptors (Lipinski definition) is 4. The van der Waals surface area contributed by atoms with E-state index in [1.165, 1.54) is 12.1 Å². The summed E-state index contributed by atoms with van der Waals surface area (Å²) in [4.78, 5) is 20.5. The lowest BCUT2D eigenvalue weighted by Crippen LogP contribution is -2.48. The Labute approximate surface area is 162 Å². The van der Waals surface area contributed by atoms with E-state index in [1.807, 2.05) is 0 Å². The molecule has 0 bridgehead atoms. The van der Waals surface area contributed by atoms with Crippen LogP contribution in [0.1, 0.15) is 15.9 Å². The number of nitrogens with zero attached hydrogens (tertiary/aromatic N) is 3. The van der Waals surface area contributed by atoms with E-state index in [4.69, 9.17) is 0 Å². The standard InChI is InChI=1S/C18H17BrF3N3O2/c19-15-9-14(10-23-11-15)17(26)25-7-5-24(6-8-25)12-13-1-3-16(4-2-13)27-18(20,21)22/h1-4,9-11H,5-8,12H2. The smallest absolute Gasteiger partial charge is 0.406 e. The van der Waals surface area contributed by atoms with Crippen LogP contribution in [0.3, 0.4) is 0 Å². The first kappa shape index (κ1) is 19.6. The summed E-state index contributed by atoms with van der Waals surface area (Å²) < 4.78 is 41.2. The van der Waals surface area contributed by atoms with Crippen LogP contribution in [-0.4, -0.2) is 53.2 Å². The van der Waals surface area contributed by atoms with Gasteiger partial charge in [-0.3, -0.25) is 14.7 Å². The van der Waals surface area contributed by atoms with Crippen molar-refractivity contribution in [3.05, 3.63) is 58.3 Å². The number of carbonyl (C=O) groups is 1. The highest BCUT2D eigenvalue weighted by molar-refractivity contribution is 9.10. The molecule has 144 valence electrons. The first-order valence-electron chi connectivity index (χ1n) is 8.27. The summed E-state index contributed by atoms with van der Waals surface area (Å²) in [5.74, 6) is -0.290. The monoisotopic (exact) mass is 443 g/mol. The molecule has 5 nitrogen and oxygen atoms in total. The topological polar surface area (TPSA) is 45.7 Å². The minimum absolute atomic E-state index is 0.0582. The van der Waals surface area contributed by atoms with Crippen LogP contribution in [0.15, 0.2) is 47.2 Å². The molecule has 3 rings (SSSR count). The summed E-state index contributed by atoms with van der Waals surface area (Å²) in [5, 5.41) is 0. The number of hydrogen-bond donors (Lipinski definition) is 0. The fourth-order valence-electron chi connectivity index (χ4n) is 2.88. The second kappa shape index (κ2) is 8.26. The van der Waals surface area contributed by atoms with Crippen LogP contribution in [0.25, 0.3) is 0 Å². The van der Waals surface area contributed by atoms with E-state index in [-0.39, 0.29) is 11.7 Å². The number of carbonyl (C=O) groups excluding carboxylic acids is 1. The maximum absolute atomic E-state index is 12.5. The fraction of sp³-hybridized carbons (Fsp3) is 0.333. The van der Waals surface area contributed by atoms with Gasteiger partial charge in [0.2, 0.25) is 0 Å². The number of amides is 1. The van der Waals surface area contributed by atoms with Crippen molar-refractivity contribution in [3.8, 4) is 5.75 Å². The van der Waals surface area contributed by atoms with Crippen LogP contribution in [0.5, 0.6) is 5.75 Å². The van der Waals surface area contributed by atoms with Gasteiger partial charge in [0.1, 0.15) is 5.75 Å². The van der Waals surface area contributed by atoms with E-state index in [2.05, 4.69) is 30.6 Å². The summed E-state index contributed by atoms with van der Waals surface area (Å²) in [7, 11) is 0. The summed E-state index contributed by atoms with van der Waals surface area (Å²) in [6.07, 6.45) is -1.52. The molecule has 0 N–H and O–H groups in total. The Kier molecular flexibility index (Phi) is 6.01. The van der Waals surface area contributed by atoms with Gasteiger partial charge in [-0.15, -0.1) is 13.2 Å². The molecule has 1 aliphatic heterocycles. The molecule has 1 saturated heterocycles. The number of benzene rings is 1. The molecule has 0 saturated carbocycles. The molecule has 0 spiro atoms. The van der Waals surface area contributed by atoms with Gasteiger partial charge in [-0.1, -0.05) is 12.1 Å². The molecule has 1 aromatic carbocycles. The second-order valence-electron chi connectivity index (χ2n) is 6.15. The second-order valence-corrected chi connectivity index (χ2v) is 7.07. The molecule has 0 atom stereocenters. The van der Waals surface area contributed by atoms with E-state index >= 15 is 0 Å². The van der Waals surface area contributed by atoms with Crippen LogP contribution >= 0.6 is 15.9 Å². The number of ether oxygens (including phenoxy) is 1. The lowest BCUT2D eigenvalue weighted by Gasteiger charge is -2.34. The van der Waals surface area contributed by atoms with Crippen LogP contribution in [0, 0.1) is 0 Å². The quantitative estimate of drug-likeness (QED) is 0.722. The van der Waals surface area contributed by atoms with E-state index in [1.54, 1.807) is 35.5 Å². The summed E-state index contributed by atoms with van der Waals surface area (Å²) in [5.41, 5.74) is 1.43. The lowest BCUT2D eigenvalue weighted by molar-refractivity contribution is -0.274. The number of alkyl halides is 3. The Hall–Kier alpha value is -2.13. The van der Waals surface area contributed by atoms with E-state index < -0.39 is 6.36 Å². The molecular weight excluding hydrogens is 427 g/mol. The van der Waals surface area contributed by atoms with Crippen LogP contribution in [0.4, 0.5) is 13.2 Å². The van der Waals surface area contributed by atoms with Crippen molar-refractivity contribution in [1.82, 2.24) is 14.8 Å². The molecule has 0 aliphatic carbocycles. The molecule has 1 aromatic heterocycles. The van der Waals surface area contributed by atoms with Crippen LogP contribution in [-0.2, 0) is 6.54 Å². The minimum atomic E-state index is -4.69. The summed E-state index contributed by atoms with van der Waals surface area (Å²) in [6, 6.07) is 7.59. The zero-order valence-corrected chi connectivity index (χ0v) is 15.8. The number of piperazine rings is 1. The normalized spacial score (nSPS) is 15.6. The Morgan fingerprint density at radius 3 is 2.37 bits per heavy atom. The zero-order chi connectivity index (χ0) is 19.4. The first-order chi connectivity index (χ1) is 12.8. The number of aromatic nitrogens is 1. The number of pyridine rings is 1. The van der Waals surface area contributed by atoms with Crippen molar-refractivity contribution in [3.63, 3.8) is 0 Å². The fourth-order valence-corrected chi connectivity index (χ4v) is 3.24. The number of rotatable bonds is 4. The van der Waals surface area contributed by atoms with Gasteiger partial charge in [0.05, 0.1) is 5.56 Å². The third-order valence-electron chi connectivity index (χ3n) is 4.17. The molecule has 1 fully saturated rings. The minimum Gasteiger partial charge on any atom is -0.406 e. The maximum Gasteiger partial charge on any atom is 0.573 e. The third-order valence-corrected chi connectivity index (χ3v) is 4.61. The first-order valence-corrected chi connectivity index (χ1v) is 9.06. The van der Waals surface area contributed by atoms with E-state index in [0.717, 1.165) is 10.0 Å². The van der Waals surface area contributed by atoms with Crippen molar-refractivity contribution >= 4 is 21.8 Å². The summed E-state index contributed by atoms with van der Waals surface area (Å²) in [6.45, 7) is 3.15. The Morgan fingerprint density at radius 2 is 1.78 bits per heavy atom. The van der Waals surface area contributed by atoms with Crippen molar-refractivity contribution in [2.45, 2.75) is 12.9 Å². The predicted octanol–water partition coefficient (Wildman–Crippen LogP) is 3.70. The van der Waals surface area contributed by atoms with Gasteiger partial charge in [-0.25, -0.2) is 0 Å². The van der Waals surface area contributed by atoms with Gasteiger partial charge in [0.15, 0.2) is 0 Å². The Balaban J connectivity index is 1.51. The average molecular weight is 444 g/mol. The number of halogens is 4. The summed E-state index contributed by atoms with van der Waals surface area (Å²) >= 11 is 3.31. The highest BCUT2D eigenvalue weighted by atomic mass is 79.9. The van der Waals surface area contributed by atoms with Gasteiger partial charge in [-0.05, 0) is 39.7 Å². The van der Waals surface area contributed by atoms with Crippen molar-refractivity contribution in [2.75, 3.05) is 26.2 Å². The van der Waals surface area contributed by atoms with Crippen LogP contribution in [0.2, 0.25) is 0 Å². The molecule has 1 amide bonds. The van der Waals surface area contributed by atoms with E-state index in [0.29, 0.717) is 38.3 Å². The molecule has 2 heterocycles. The SMILES string of the molecule is O=C(c1cncc(Br)c1)N1CCN(Cc2ccc(OC(F)(F)F)cc2)CC1. The van der Waals surface area contributed by atoms with Gasteiger partial charge < -0.3 is 9.64 Å². The predicted molar refractivity (Wildman–Crippen MR) is 96.2 cm³/mol. The molecule has 0 radical (unpaired) electrons. The lowest BCUT2D eigenvalue weighted by atomic mass is 10.1. The molecule has 0 unspecified atom stereocenters. The molecule has 1 aliphatic rings. The Morgan fingerprint density at radius 1 is 1.11 bits per heavy atom. The zero-order valence-electron chi connectivity index (χ0n) is 14.2. The largest absolute Gasteiger partial charge is 0.573 e. The highest BCUT2D eigenvalue weighted by Crippen LogP contribution is 2.23. The van der Waals surface area contributed by atoms with Gasteiger partial charge in [0, 0.05) is 49.6 Å². The van der Waals surface area contributed by atoms with Crippen LogP contribution < -0.4 is 4.74 Å². The molecule has 9 heteroatoms. The third kappa shape index (κ3) is 5.67.